The molecule has 1 atom stereocenters. The molecule has 0 bridgehead atoms. The summed E-state index contributed by atoms with van der Waals surface area (Å²) < 4.78 is 0. The Hall–Kier alpha value is 0.157. The molecule has 1 fully saturated rings. The van der Waals surface area contributed by atoms with Gasteiger partial charge in [0.1, 0.15) is 0 Å². The largest absolute Gasteiger partial charge is 1.00 e. The van der Waals surface area contributed by atoms with Crippen molar-refractivity contribution in [2.45, 2.75) is 31.0 Å². The van der Waals surface area contributed by atoms with E-state index in [4.69, 9.17) is 0 Å². The third-order valence-corrected chi connectivity index (χ3v) is 1.88. The fourth-order valence-electron chi connectivity index (χ4n) is 1.23. The molecule has 0 N–H and O–H groups in total. The molecular weight excluding hydrogens is 111 g/mol. The first kappa shape index (κ1) is 7.27. The molecule has 3 nitrogen and oxygen atoms in total. The fourth-order valence-corrected chi connectivity index (χ4v) is 1.23. The molecule has 44 valence electrons. The maximum absolute atomic E-state index is 10.9. The van der Waals surface area contributed by atoms with Crippen LogP contribution in [0.1, 0.15) is 19.3 Å². The third-order valence-electron chi connectivity index (χ3n) is 1.88. The first-order valence-electron chi connectivity index (χ1n) is 2.93. The summed E-state index contributed by atoms with van der Waals surface area (Å²) in [5.41, 5.74) is -0.403. The van der Waals surface area contributed by atoms with Crippen LogP contribution in [0, 0.1) is 0 Å². The third kappa shape index (κ3) is 0.938. The zero-order valence-corrected chi connectivity index (χ0v) is 5.50. The Kier molecular flexibility index (Phi) is 1.68. The van der Waals surface area contributed by atoms with Gasteiger partial charge in [-0.05, 0) is 12.8 Å². The second kappa shape index (κ2) is 2.08. The van der Waals surface area contributed by atoms with Crippen molar-refractivity contribution in [2.75, 3.05) is 0 Å². The van der Waals surface area contributed by atoms with Crippen molar-refractivity contribution in [1.82, 2.24) is 0 Å². The summed E-state index contributed by atoms with van der Waals surface area (Å²) in [7, 11) is 0. The van der Waals surface area contributed by atoms with Crippen molar-refractivity contribution in [3.05, 3.63) is 0 Å². The van der Waals surface area contributed by atoms with Crippen LogP contribution < -0.4 is 24.0 Å². The number of nitrogens with zero attached hydrogens (tertiary/aromatic N) is 2. The van der Waals surface area contributed by atoms with Crippen molar-refractivity contribution >= 4 is 0 Å². The van der Waals surface area contributed by atoms with Crippen LogP contribution in [-0.4, -0.2) is 11.8 Å². The average Bonchev–Trinajstić information content (AvgIpc) is 2.39. The first-order chi connectivity index (χ1) is 3.83. The smallest absolute Gasteiger partial charge is 0.849 e. The second-order valence-electron chi connectivity index (χ2n) is 2.46. The monoisotopic (exact) mass is 118 g/mol. The molecule has 1 saturated carbocycles. The van der Waals surface area contributed by atoms with Gasteiger partial charge in [0.25, 0.3) is 0 Å². The molecule has 0 aromatic carbocycles. The Morgan fingerprint density at radius 3 is 2.33 bits per heavy atom. The van der Waals surface area contributed by atoms with E-state index in [1.807, 2.05) is 0 Å². The van der Waals surface area contributed by atoms with Crippen LogP contribution >= 0.6 is 0 Å². The van der Waals surface area contributed by atoms with E-state index in [-0.39, 0.29) is 18.9 Å². The fraction of sp³-hybridized carbons (Fsp3) is 1.00. The molecule has 9 heavy (non-hydrogen) atoms. The number of hydrogen-bond donors (Lipinski definition) is 0. The predicted molar refractivity (Wildman–Crippen MR) is 25.2 cm³/mol. The Bertz CT molecular complexity index is 142. The van der Waals surface area contributed by atoms with Gasteiger partial charge in [-0.15, -0.1) is 0 Å². The van der Waals surface area contributed by atoms with Gasteiger partial charge in [-0.2, -0.15) is 10.2 Å². The molecule has 4 heteroatoms. The van der Waals surface area contributed by atoms with Gasteiger partial charge in [0, 0.05) is 0 Å². The molecule has 2 rings (SSSR count). The van der Waals surface area contributed by atoms with E-state index in [9.17, 15) is 5.11 Å². The van der Waals surface area contributed by atoms with Crippen LogP contribution in [-0.2, 0) is 0 Å². The second-order valence-corrected chi connectivity index (χ2v) is 2.46. The first-order valence-corrected chi connectivity index (χ1v) is 2.93. The minimum Gasteiger partial charge on any atom is -0.849 e. The molecule has 0 amide bonds. The topological polar surface area (TPSA) is 47.8 Å². The van der Waals surface area contributed by atoms with Gasteiger partial charge in [0.2, 0.25) is 0 Å². The summed E-state index contributed by atoms with van der Waals surface area (Å²) in [4.78, 5) is 0. The van der Waals surface area contributed by atoms with E-state index in [1.54, 1.807) is 0 Å². The van der Waals surface area contributed by atoms with E-state index < -0.39 is 11.8 Å². The van der Waals surface area contributed by atoms with Crippen LogP contribution in [0.4, 0.5) is 0 Å². The molecule has 1 heterocycles. The maximum Gasteiger partial charge on any atom is 1.00 e. The Morgan fingerprint density at radius 2 is 2.11 bits per heavy atom. The normalized spacial score (nSPS) is 34.6. The molecular formula is C5H7LiN2O. The molecule has 1 aliphatic heterocycles. The van der Waals surface area contributed by atoms with Crippen LogP contribution in [0.15, 0.2) is 10.2 Å². The SMILES string of the molecule is [Li+].[O-]C1CCCC12N=N2. The molecule has 1 unspecified atom stereocenters. The summed E-state index contributed by atoms with van der Waals surface area (Å²) in [5, 5.41) is 18.3. The van der Waals surface area contributed by atoms with Gasteiger partial charge in [0.15, 0.2) is 5.66 Å². The predicted octanol–water partition coefficient (Wildman–Crippen LogP) is -2.93. The number of rotatable bonds is 0. The maximum atomic E-state index is 10.9. The zero-order valence-electron chi connectivity index (χ0n) is 5.50. The summed E-state index contributed by atoms with van der Waals surface area (Å²) >= 11 is 0. The Labute approximate surface area is 65.7 Å². The summed E-state index contributed by atoms with van der Waals surface area (Å²) in [6.45, 7) is 0. The van der Waals surface area contributed by atoms with E-state index in [1.165, 1.54) is 0 Å². The van der Waals surface area contributed by atoms with Gasteiger partial charge >= 0.3 is 18.9 Å². The quantitative estimate of drug-likeness (QED) is 0.314. The summed E-state index contributed by atoms with van der Waals surface area (Å²) in [5.74, 6) is 0. The average molecular weight is 118 g/mol. The Balaban J connectivity index is 0.000000405. The molecule has 0 saturated heterocycles. The van der Waals surface area contributed by atoms with Crippen molar-refractivity contribution in [3.8, 4) is 0 Å². The van der Waals surface area contributed by atoms with Gasteiger partial charge in [-0.25, -0.2) is 0 Å². The minimum absolute atomic E-state index is 0. The van der Waals surface area contributed by atoms with Gasteiger partial charge in [-0.1, -0.05) is 12.5 Å². The van der Waals surface area contributed by atoms with Crippen molar-refractivity contribution in [1.29, 1.82) is 0 Å². The van der Waals surface area contributed by atoms with Gasteiger partial charge in [-0.3, -0.25) is 0 Å². The van der Waals surface area contributed by atoms with E-state index >= 15 is 0 Å². The van der Waals surface area contributed by atoms with E-state index in [0.29, 0.717) is 0 Å². The van der Waals surface area contributed by atoms with Gasteiger partial charge in [0.05, 0.1) is 0 Å². The molecule has 1 aliphatic carbocycles. The summed E-state index contributed by atoms with van der Waals surface area (Å²) in [6, 6.07) is 0. The zero-order chi connectivity index (χ0) is 5.61. The van der Waals surface area contributed by atoms with Crippen LogP contribution in [0.5, 0.6) is 0 Å². The molecule has 0 aromatic heterocycles. The van der Waals surface area contributed by atoms with Crippen molar-refractivity contribution in [2.24, 2.45) is 10.2 Å². The van der Waals surface area contributed by atoms with E-state index in [0.717, 1.165) is 19.3 Å². The van der Waals surface area contributed by atoms with Crippen LogP contribution in [0.3, 0.4) is 0 Å². The van der Waals surface area contributed by atoms with Crippen LogP contribution in [0.25, 0.3) is 0 Å². The molecule has 0 aromatic rings. The van der Waals surface area contributed by atoms with Crippen LogP contribution in [0.2, 0.25) is 0 Å². The number of hydrogen-bond acceptors (Lipinski definition) is 3. The molecule has 1 spiro atoms. The molecule has 2 aliphatic rings. The van der Waals surface area contributed by atoms with Crippen molar-refractivity contribution in [3.63, 3.8) is 0 Å². The standard InChI is InChI=1S/C5H7N2O.Li/c8-4-2-1-3-5(4)6-7-5;/h4H,1-3H2;/q-1;+1. The Morgan fingerprint density at radius 1 is 1.44 bits per heavy atom. The minimum atomic E-state index is -0.512. The van der Waals surface area contributed by atoms with Crippen molar-refractivity contribution < 1.29 is 24.0 Å². The van der Waals surface area contributed by atoms with Gasteiger partial charge < -0.3 is 5.11 Å². The summed E-state index contributed by atoms with van der Waals surface area (Å²) in [6.07, 6.45) is 2.18. The molecule has 0 radical (unpaired) electrons. The van der Waals surface area contributed by atoms with E-state index in [2.05, 4.69) is 10.2 Å².